The van der Waals surface area contributed by atoms with E-state index in [0.29, 0.717) is 12.3 Å². The maximum absolute atomic E-state index is 12.1. The van der Waals surface area contributed by atoms with Gasteiger partial charge in [-0.15, -0.1) is 0 Å². The molecular weight excluding hydrogens is 218 g/mol. The Morgan fingerprint density at radius 3 is 2.94 bits per heavy atom. The number of amides is 1. The largest absolute Gasteiger partial charge is 0.394 e. The number of likely N-dealkylation sites (tertiary alicyclic amines) is 1. The molecule has 17 heavy (non-hydrogen) atoms. The molecule has 98 valence electrons. The number of aliphatic hydroxyl groups excluding tert-OH is 1. The smallest absolute Gasteiger partial charge is 0.223 e. The third-order valence-electron chi connectivity index (χ3n) is 4.09. The molecule has 2 fully saturated rings. The van der Waals surface area contributed by atoms with Gasteiger partial charge in [-0.05, 0) is 31.6 Å². The first kappa shape index (κ1) is 12.8. The van der Waals surface area contributed by atoms with Crippen LogP contribution in [0.1, 0.15) is 39.0 Å². The summed E-state index contributed by atoms with van der Waals surface area (Å²) in [6.45, 7) is 3.84. The molecule has 1 N–H and O–H groups in total. The molecule has 0 saturated carbocycles. The van der Waals surface area contributed by atoms with Crippen LogP contribution in [0.25, 0.3) is 0 Å². The van der Waals surface area contributed by atoms with Crippen molar-refractivity contribution in [2.75, 3.05) is 19.8 Å². The number of hydrogen-bond acceptors (Lipinski definition) is 3. The Morgan fingerprint density at radius 2 is 2.29 bits per heavy atom. The fourth-order valence-electron chi connectivity index (χ4n) is 2.90. The van der Waals surface area contributed by atoms with E-state index in [4.69, 9.17) is 4.74 Å². The molecule has 0 aromatic rings. The zero-order valence-electron chi connectivity index (χ0n) is 10.6. The third-order valence-corrected chi connectivity index (χ3v) is 4.09. The summed E-state index contributed by atoms with van der Waals surface area (Å²) in [5.41, 5.74) is 0. The summed E-state index contributed by atoms with van der Waals surface area (Å²) < 4.78 is 5.52. The van der Waals surface area contributed by atoms with Crippen molar-refractivity contribution >= 4 is 5.91 Å². The lowest BCUT2D eigenvalue weighted by molar-refractivity contribution is -0.133. The predicted octanol–water partition coefficient (Wildman–Crippen LogP) is 1.17. The number of nitrogens with zero attached hydrogens (tertiary/aromatic N) is 1. The standard InChI is InChI=1S/C13H23NO3/c1-10-6-7-14(12(10)9-15)13(16)5-4-11-3-2-8-17-11/h10-12,15H,2-9H2,1H3. The van der Waals surface area contributed by atoms with E-state index in [9.17, 15) is 9.90 Å². The van der Waals surface area contributed by atoms with E-state index in [1.807, 2.05) is 4.90 Å². The van der Waals surface area contributed by atoms with Crippen molar-refractivity contribution in [1.82, 2.24) is 4.90 Å². The fourth-order valence-corrected chi connectivity index (χ4v) is 2.90. The van der Waals surface area contributed by atoms with Gasteiger partial charge in [-0.2, -0.15) is 0 Å². The lowest BCUT2D eigenvalue weighted by Gasteiger charge is -2.25. The molecule has 2 rings (SSSR count). The average Bonchev–Trinajstić information content (AvgIpc) is 2.94. The molecule has 0 aliphatic carbocycles. The molecule has 1 amide bonds. The molecule has 4 nitrogen and oxygen atoms in total. The molecule has 4 heteroatoms. The SMILES string of the molecule is CC1CCN(C(=O)CCC2CCCO2)C1CO. The Morgan fingerprint density at radius 1 is 1.47 bits per heavy atom. The number of carbonyl (C=O) groups is 1. The zero-order chi connectivity index (χ0) is 12.3. The first-order valence-electron chi connectivity index (χ1n) is 6.74. The van der Waals surface area contributed by atoms with Crippen molar-refractivity contribution in [1.29, 1.82) is 0 Å². The topological polar surface area (TPSA) is 49.8 Å². The van der Waals surface area contributed by atoms with E-state index in [0.717, 1.165) is 38.8 Å². The monoisotopic (exact) mass is 241 g/mol. The van der Waals surface area contributed by atoms with Gasteiger partial charge < -0.3 is 14.7 Å². The maximum Gasteiger partial charge on any atom is 0.223 e. The van der Waals surface area contributed by atoms with Gasteiger partial charge in [0.1, 0.15) is 0 Å². The highest BCUT2D eigenvalue weighted by Gasteiger charge is 2.33. The fraction of sp³-hybridized carbons (Fsp3) is 0.923. The van der Waals surface area contributed by atoms with Crippen LogP contribution in [0, 0.1) is 5.92 Å². The predicted molar refractivity (Wildman–Crippen MR) is 64.6 cm³/mol. The Bertz CT molecular complexity index is 263. The van der Waals surface area contributed by atoms with Crippen molar-refractivity contribution in [2.45, 2.75) is 51.2 Å². The van der Waals surface area contributed by atoms with Crippen LogP contribution in [0.15, 0.2) is 0 Å². The van der Waals surface area contributed by atoms with Crippen molar-refractivity contribution < 1.29 is 14.6 Å². The quantitative estimate of drug-likeness (QED) is 0.804. The summed E-state index contributed by atoms with van der Waals surface area (Å²) in [6, 6.07) is 0.0343. The highest BCUT2D eigenvalue weighted by molar-refractivity contribution is 5.76. The molecule has 0 radical (unpaired) electrons. The van der Waals surface area contributed by atoms with E-state index < -0.39 is 0 Å². The number of aliphatic hydroxyl groups is 1. The van der Waals surface area contributed by atoms with Crippen LogP contribution >= 0.6 is 0 Å². The normalized spacial score (nSPS) is 33.3. The molecule has 0 aromatic carbocycles. The van der Waals surface area contributed by atoms with Gasteiger partial charge in [0.25, 0.3) is 0 Å². The lowest BCUT2D eigenvalue weighted by Crippen LogP contribution is -2.40. The summed E-state index contributed by atoms with van der Waals surface area (Å²) in [4.78, 5) is 13.9. The molecule has 0 aromatic heterocycles. The maximum atomic E-state index is 12.1. The summed E-state index contributed by atoms with van der Waals surface area (Å²) in [5, 5.41) is 9.32. The molecule has 2 saturated heterocycles. The van der Waals surface area contributed by atoms with E-state index in [1.165, 1.54) is 0 Å². The van der Waals surface area contributed by atoms with Gasteiger partial charge in [0.15, 0.2) is 0 Å². The van der Waals surface area contributed by atoms with Crippen LogP contribution in [0.5, 0.6) is 0 Å². The zero-order valence-corrected chi connectivity index (χ0v) is 10.6. The Kier molecular flexibility index (Phi) is 4.40. The van der Waals surface area contributed by atoms with E-state index >= 15 is 0 Å². The molecule has 2 aliphatic rings. The Hall–Kier alpha value is -0.610. The second-order valence-electron chi connectivity index (χ2n) is 5.28. The van der Waals surface area contributed by atoms with Crippen LogP contribution in [0.2, 0.25) is 0 Å². The highest BCUT2D eigenvalue weighted by atomic mass is 16.5. The van der Waals surface area contributed by atoms with Gasteiger partial charge >= 0.3 is 0 Å². The summed E-state index contributed by atoms with van der Waals surface area (Å²) in [7, 11) is 0. The molecule has 2 aliphatic heterocycles. The van der Waals surface area contributed by atoms with Crippen LogP contribution in [-0.2, 0) is 9.53 Å². The van der Waals surface area contributed by atoms with Crippen molar-refractivity contribution in [2.24, 2.45) is 5.92 Å². The van der Waals surface area contributed by atoms with Crippen LogP contribution in [-0.4, -0.2) is 47.8 Å². The number of rotatable bonds is 4. The Labute approximate surface area is 103 Å². The Balaban J connectivity index is 1.78. The summed E-state index contributed by atoms with van der Waals surface area (Å²) in [6.07, 6.45) is 4.91. The van der Waals surface area contributed by atoms with Gasteiger partial charge in [-0.3, -0.25) is 4.79 Å². The first-order valence-corrected chi connectivity index (χ1v) is 6.74. The molecule has 2 heterocycles. The van der Waals surface area contributed by atoms with E-state index in [2.05, 4.69) is 6.92 Å². The summed E-state index contributed by atoms with van der Waals surface area (Å²) >= 11 is 0. The molecule has 0 bridgehead atoms. The minimum absolute atomic E-state index is 0.0343. The molecule has 3 unspecified atom stereocenters. The summed E-state index contributed by atoms with van der Waals surface area (Å²) in [5.74, 6) is 0.607. The van der Waals surface area contributed by atoms with Gasteiger partial charge in [0, 0.05) is 19.6 Å². The van der Waals surface area contributed by atoms with Crippen LogP contribution < -0.4 is 0 Å². The number of carbonyl (C=O) groups excluding carboxylic acids is 1. The molecule has 0 spiro atoms. The molecular formula is C13H23NO3. The van der Waals surface area contributed by atoms with Gasteiger partial charge in [-0.25, -0.2) is 0 Å². The minimum Gasteiger partial charge on any atom is -0.394 e. The van der Waals surface area contributed by atoms with E-state index in [-0.39, 0.29) is 24.7 Å². The first-order chi connectivity index (χ1) is 8.22. The highest BCUT2D eigenvalue weighted by Crippen LogP contribution is 2.25. The van der Waals surface area contributed by atoms with Crippen LogP contribution in [0.4, 0.5) is 0 Å². The molecule has 3 atom stereocenters. The van der Waals surface area contributed by atoms with Gasteiger partial charge in [0.2, 0.25) is 5.91 Å². The lowest BCUT2D eigenvalue weighted by atomic mass is 10.0. The van der Waals surface area contributed by atoms with Gasteiger partial charge in [-0.1, -0.05) is 6.92 Å². The second-order valence-corrected chi connectivity index (χ2v) is 5.28. The number of hydrogen-bond donors (Lipinski definition) is 1. The van der Waals surface area contributed by atoms with Crippen molar-refractivity contribution in [3.63, 3.8) is 0 Å². The minimum atomic E-state index is 0.0343. The van der Waals surface area contributed by atoms with Gasteiger partial charge in [0.05, 0.1) is 18.8 Å². The van der Waals surface area contributed by atoms with Crippen molar-refractivity contribution in [3.8, 4) is 0 Å². The number of ether oxygens (including phenoxy) is 1. The third kappa shape index (κ3) is 2.99. The average molecular weight is 241 g/mol. The van der Waals surface area contributed by atoms with Crippen molar-refractivity contribution in [3.05, 3.63) is 0 Å². The second kappa shape index (κ2) is 5.83. The van der Waals surface area contributed by atoms with Crippen LogP contribution in [0.3, 0.4) is 0 Å². The van der Waals surface area contributed by atoms with E-state index in [1.54, 1.807) is 0 Å².